The number of anilines is 1. The highest BCUT2D eigenvalue weighted by atomic mass is 32.1. The van der Waals surface area contributed by atoms with Crippen LogP contribution in [-0.4, -0.2) is 35.7 Å². The molecule has 186 valence electrons. The number of thiophene rings is 1. The minimum absolute atomic E-state index is 0.0217. The zero-order valence-electron chi connectivity index (χ0n) is 21.1. The number of ether oxygens (including phenoxy) is 1. The van der Waals surface area contributed by atoms with Crippen LogP contribution in [0.2, 0.25) is 0 Å². The molecule has 0 unspecified atom stereocenters. The SMILES string of the molecule is C=CCOC1CCC(N(c2cc(C#CC(C)(C)C)sc2C(=O)O)C(=O)[C@H]2CC[C@H](C)CC2)CC1. The quantitative estimate of drug-likeness (QED) is 0.353. The first-order valence-electron chi connectivity index (χ1n) is 12.5. The predicted molar refractivity (Wildman–Crippen MR) is 138 cm³/mol. The molecule has 2 saturated carbocycles. The van der Waals surface area contributed by atoms with Crippen LogP contribution in [0.4, 0.5) is 5.69 Å². The Hall–Kier alpha value is -2.10. The van der Waals surface area contributed by atoms with Gasteiger partial charge >= 0.3 is 5.97 Å². The Kier molecular flexibility index (Phi) is 9.01. The lowest BCUT2D eigenvalue weighted by atomic mass is 9.81. The summed E-state index contributed by atoms with van der Waals surface area (Å²) in [5.41, 5.74) is 0.334. The first kappa shape index (κ1) is 26.5. The van der Waals surface area contributed by atoms with Crippen molar-refractivity contribution in [3.8, 4) is 11.8 Å². The van der Waals surface area contributed by atoms with Crippen LogP contribution in [0, 0.1) is 29.1 Å². The second-order valence-electron chi connectivity index (χ2n) is 10.8. The first-order chi connectivity index (χ1) is 16.1. The van der Waals surface area contributed by atoms with E-state index in [0.29, 0.717) is 23.1 Å². The average molecular weight is 486 g/mol. The summed E-state index contributed by atoms with van der Waals surface area (Å²) in [6.45, 7) is 12.6. The third kappa shape index (κ3) is 6.96. The molecular formula is C28H39NO4S. The third-order valence-electron chi connectivity index (χ3n) is 6.79. The normalized spacial score (nSPS) is 25.2. The van der Waals surface area contributed by atoms with Crippen molar-refractivity contribution in [1.82, 2.24) is 0 Å². The van der Waals surface area contributed by atoms with Crippen LogP contribution < -0.4 is 4.90 Å². The van der Waals surface area contributed by atoms with Crippen molar-refractivity contribution < 1.29 is 19.4 Å². The van der Waals surface area contributed by atoms with E-state index in [9.17, 15) is 14.7 Å². The van der Waals surface area contributed by atoms with Crippen molar-refractivity contribution in [2.75, 3.05) is 11.5 Å². The molecule has 2 fully saturated rings. The Labute approximate surface area is 208 Å². The monoisotopic (exact) mass is 485 g/mol. The predicted octanol–water partition coefficient (Wildman–Crippen LogP) is 6.52. The van der Waals surface area contributed by atoms with Crippen molar-refractivity contribution in [3.05, 3.63) is 28.5 Å². The van der Waals surface area contributed by atoms with E-state index in [0.717, 1.165) is 51.4 Å². The fourth-order valence-electron chi connectivity index (χ4n) is 4.90. The minimum Gasteiger partial charge on any atom is -0.477 e. The smallest absolute Gasteiger partial charge is 0.348 e. The molecule has 3 rings (SSSR count). The van der Waals surface area contributed by atoms with Crippen LogP contribution in [0.1, 0.15) is 93.6 Å². The van der Waals surface area contributed by atoms with Crippen molar-refractivity contribution in [2.45, 2.75) is 91.2 Å². The molecule has 0 atom stereocenters. The summed E-state index contributed by atoms with van der Waals surface area (Å²) in [5, 5.41) is 10.0. The molecular weight excluding hydrogens is 446 g/mol. The van der Waals surface area contributed by atoms with E-state index < -0.39 is 5.97 Å². The lowest BCUT2D eigenvalue weighted by Crippen LogP contribution is -2.47. The number of amides is 1. The molecule has 1 amide bonds. The molecule has 1 aromatic heterocycles. The molecule has 0 bridgehead atoms. The number of carboxylic acids is 1. The van der Waals surface area contributed by atoms with Crippen LogP contribution in [0.3, 0.4) is 0 Å². The van der Waals surface area contributed by atoms with E-state index in [4.69, 9.17) is 4.74 Å². The summed E-state index contributed by atoms with van der Waals surface area (Å²) in [6.07, 6.45) is 9.07. The average Bonchev–Trinajstić information content (AvgIpc) is 3.21. The highest BCUT2D eigenvalue weighted by molar-refractivity contribution is 7.15. The van der Waals surface area contributed by atoms with Gasteiger partial charge in [0.15, 0.2) is 0 Å². The number of aromatic carboxylic acids is 1. The lowest BCUT2D eigenvalue weighted by molar-refractivity contribution is -0.124. The number of rotatable bonds is 7. The molecule has 0 aromatic carbocycles. The van der Waals surface area contributed by atoms with E-state index >= 15 is 0 Å². The molecule has 0 spiro atoms. The van der Waals surface area contributed by atoms with Gasteiger partial charge in [-0.15, -0.1) is 17.9 Å². The molecule has 0 radical (unpaired) electrons. The Morgan fingerprint density at radius 2 is 1.82 bits per heavy atom. The van der Waals surface area contributed by atoms with Gasteiger partial charge in [0.2, 0.25) is 5.91 Å². The molecule has 2 aliphatic carbocycles. The molecule has 34 heavy (non-hydrogen) atoms. The summed E-state index contributed by atoms with van der Waals surface area (Å²) in [7, 11) is 0. The van der Waals surface area contributed by atoms with Crippen LogP contribution in [0.25, 0.3) is 0 Å². The molecule has 1 N–H and O–H groups in total. The number of carboxylic acid groups (broad SMARTS) is 1. The lowest BCUT2D eigenvalue weighted by Gasteiger charge is -2.39. The Balaban J connectivity index is 1.94. The van der Waals surface area contributed by atoms with Crippen molar-refractivity contribution in [1.29, 1.82) is 0 Å². The Bertz CT molecular complexity index is 932. The summed E-state index contributed by atoms with van der Waals surface area (Å²) < 4.78 is 5.85. The van der Waals surface area contributed by atoms with Crippen molar-refractivity contribution in [2.24, 2.45) is 17.3 Å². The van der Waals surface area contributed by atoms with E-state index in [2.05, 4.69) is 25.3 Å². The highest BCUT2D eigenvalue weighted by Gasteiger charge is 2.37. The second kappa shape index (κ2) is 11.6. The van der Waals surface area contributed by atoms with Gasteiger partial charge in [-0.25, -0.2) is 4.79 Å². The van der Waals surface area contributed by atoms with Gasteiger partial charge in [0, 0.05) is 17.4 Å². The Morgan fingerprint density at radius 3 is 2.38 bits per heavy atom. The van der Waals surface area contributed by atoms with Crippen molar-refractivity contribution in [3.63, 3.8) is 0 Å². The van der Waals surface area contributed by atoms with Crippen LogP contribution in [-0.2, 0) is 9.53 Å². The standard InChI is InChI=1S/C28H39NO4S/c1-6-17-33-22-13-11-21(12-14-22)29(26(30)20-9-7-19(2)8-10-20)24-18-23(15-16-28(3,4)5)34-25(24)27(31)32/h6,18-22H,1,7-14,17H2,2-5H3,(H,31,32)/t19-,20-,21?,22?. The first-order valence-corrected chi connectivity index (χ1v) is 13.4. The maximum absolute atomic E-state index is 13.9. The van der Waals surface area contributed by atoms with Gasteiger partial charge in [-0.2, -0.15) is 0 Å². The fourth-order valence-corrected chi connectivity index (χ4v) is 5.74. The molecule has 0 aliphatic heterocycles. The van der Waals surface area contributed by atoms with Gasteiger partial charge in [-0.05, 0) is 84.1 Å². The zero-order valence-corrected chi connectivity index (χ0v) is 21.9. The largest absolute Gasteiger partial charge is 0.477 e. The van der Waals surface area contributed by atoms with Crippen molar-refractivity contribution >= 4 is 28.9 Å². The van der Waals surface area contributed by atoms with Crippen LogP contribution >= 0.6 is 11.3 Å². The van der Waals surface area contributed by atoms with Gasteiger partial charge < -0.3 is 14.7 Å². The molecule has 5 nitrogen and oxygen atoms in total. The van der Waals surface area contributed by atoms with Gasteiger partial charge in [-0.1, -0.05) is 24.8 Å². The Morgan fingerprint density at radius 1 is 1.18 bits per heavy atom. The molecule has 6 heteroatoms. The molecule has 2 aliphatic rings. The van der Waals surface area contributed by atoms with Crippen LogP contribution in [0.15, 0.2) is 18.7 Å². The van der Waals surface area contributed by atoms with Gasteiger partial charge in [-0.3, -0.25) is 4.79 Å². The number of nitrogens with zero attached hydrogens (tertiary/aromatic N) is 1. The second-order valence-corrected chi connectivity index (χ2v) is 11.9. The maximum atomic E-state index is 13.9. The number of carbonyl (C=O) groups excluding carboxylic acids is 1. The number of hydrogen-bond acceptors (Lipinski definition) is 4. The van der Waals surface area contributed by atoms with Gasteiger partial charge in [0.1, 0.15) is 4.88 Å². The maximum Gasteiger partial charge on any atom is 0.348 e. The fraction of sp³-hybridized carbons (Fsp3) is 0.643. The molecule has 1 heterocycles. The molecule has 1 aromatic rings. The summed E-state index contributed by atoms with van der Waals surface area (Å²) in [4.78, 5) is 28.9. The number of hydrogen-bond donors (Lipinski definition) is 1. The molecule has 0 saturated heterocycles. The topological polar surface area (TPSA) is 66.8 Å². The van der Waals surface area contributed by atoms with Gasteiger partial charge in [0.25, 0.3) is 0 Å². The minimum atomic E-state index is -0.998. The number of carbonyl (C=O) groups is 2. The third-order valence-corrected chi connectivity index (χ3v) is 7.82. The van der Waals surface area contributed by atoms with E-state index in [1.165, 1.54) is 11.3 Å². The van der Waals surface area contributed by atoms with E-state index in [1.807, 2.05) is 31.7 Å². The highest BCUT2D eigenvalue weighted by Crippen LogP contribution is 2.39. The van der Waals surface area contributed by atoms with E-state index in [1.54, 1.807) is 6.08 Å². The van der Waals surface area contributed by atoms with Gasteiger partial charge in [0.05, 0.1) is 23.3 Å². The zero-order chi connectivity index (χ0) is 24.9. The summed E-state index contributed by atoms with van der Waals surface area (Å²) >= 11 is 1.17. The summed E-state index contributed by atoms with van der Waals surface area (Å²) in [5.74, 6) is 6.03. The summed E-state index contributed by atoms with van der Waals surface area (Å²) in [6, 6.07) is 1.81. The van der Waals surface area contributed by atoms with Crippen LogP contribution in [0.5, 0.6) is 0 Å². The van der Waals surface area contributed by atoms with E-state index in [-0.39, 0.29) is 34.3 Å².